The van der Waals surface area contributed by atoms with Gasteiger partial charge in [0.1, 0.15) is 5.82 Å². The van der Waals surface area contributed by atoms with Gasteiger partial charge in [0.15, 0.2) is 0 Å². The molecule has 0 spiro atoms. The average molecular weight is 462 g/mol. The minimum atomic E-state index is -4.72. The highest BCUT2D eigenvalue weighted by atomic mass is 19.4. The molecule has 10 nitrogen and oxygen atoms in total. The number of nitrogens with zero attached hydrogens (tertiary/aromatic N) is 6. The van der Waals surface area contributed by atoms with Crippen molar-refractivity contribution in [1.82, 2.24) is 20.0 Å². The zero-order chi connectivity index (χ0) is 23.8. The molecule has 33 heavy (non-hydrogen) atoms. The summed E-state index contributed by atoms with van der Waals surface area (Å²) >= 11 is 0. The van der Waals surface area contributed by atoms with Crippen LogP contribution in [0.2, 0.25) is 0 Å². The molecule has 1 saturated heterocycles. The number of amides is 1. The molecule has 1 fully saturated rings. The van der Waals surface area contributed by atoms with E-state index >= 15 is 0 Å². The van der Waals surface area contributed by atoms with Crippen LogP contribution in [-0.2, 0) is 6.18 Å². The first kappa shape index (κ1) is 22.2. The first-order valence-corrected chi connectivity index (χ1v) is 9.80. The first-order chi connectivity index (χ1) is 15.6. The summed E-state index contributed by atoms with van der Waals surface area (Å²) in [6.45, 7) is 3.30. The van der Waals surface area contributed by atoms with Gasteiger partial charge in [-0.25, -0.2) is 4.98 Å². The van der Waals surface area contributed by atoms with E-state index in [4.69, 9.17) is 0 Å². The van der Waals surface area contributed by atoms with Crippen LogP contribution in [0.25, 0.3) is 11.4 Å². The predicted octanol–water partition coefficient (Wildman–Crippen LogP) is 3.33. The van der Waals surface area contributed by atoms with Gasteiger partial charge in [-0.05, 0) is 25.1 Å². The molecule has 4 rings (SSSR count). The fraction of sp³-hybridized carbons (Fsp3) is 0.300. The van der Waals surface area contributed by atoms with E-state index in [1.165, 1.54) is 18.3 Å². The lowest BCUT2D eigenvalue weighted by molar-refractivity contribution is -0.385. The molecule has 13 heteroatoms. The molecule has 172 valence electrons. The van der Waals surface area contributed by atoms with E-state index < -0.39 is 17.0 Å². The van der Waals surface area contributed by atoms with E-state index in [0.717, 1.165) is 0 Å². The summed E-state index contributed by atoms with van der Waals surface area (Å²) < 4.78 is 42.1. The van der Waals surface area contributed by atoms with Gasteiger partial charge in [0.05, 0.1) is 4.92 Å². The highest BCUT2D eigenvalue weighted by molar-refractivity contribution is 5.95. The maximum Gasteiger partial charge on any atom is 0.471 e. The lowest BCUT2D eigenvalue weighted by Crippen LogP contribution is -2.49. The van der Waals surface area contributed by atoms with E-state index in [2.05, 4.69) is 19.6 Å². The molecule has 1 aliphatic rings. The van der Waals surface area contributed by atoms with Gasteiger partial charge in [-0.2, -0.15) is 18.2 Å². The number of nitro benzene ring substituents is 1. The summed E-state index contributed by atoms with van der Waals surface area (Å²) in [4.78, 5) is 34.5. The van der Waals surface area contributed by atoms with Gasteiger partial charge in [0, 0.05) is 55.1 Å². The Morgan fingerprint density at radius 2 is 1.88 bits per heavy atom. The van der Waals surface area contributed by atoms with Crippen molar-refractivity contribution in [1.29, 1.82) is 0 Å². The van der Waals surface area contributed by atoms with Crippen LogP contribution >= 0.6 is 0 Å². The van der Waals surface area contributed by atoms with Crippen LogP contribution < -0.4 is 4.90 Å². The van der Waals surface area contributed by atoms with Crippen molar-refractivity contribution >= 4 is 17.4 Å². The topological polar surface area (TPSA) is 119 Å². The van der Waals surface area contributed by atoms with Crippen LogP contribution in [0, 0.1) is 17.0 Å². The number of piperazine rings is 1. The van der Waals surface area contributed by atoms with Crippen molar-refractivity contribution in [2.45, 2.75) is 13.1 Å². The molecule has 0 unspecified atom stereocenters. The second-order valence-electron chi connectivity index (χ2n) is 7.36. The number of carbonyl (C=O) groups is 1. The molecular formula is C20H17F3N6O4. The molecular weight excluding hydrogens is 445 g/mol. The number of rotatable bonds is 4. The summed E-state index contributed by atoms with van der Waals surface area (Å²) in [6.07, 6.45) is -3.37. The number of hydrogen-bond acceptors (Lipinski definition) is 8. The van der Waals surface area contributed by atoms with Crippen LogP contribution in [-0.4, -0.2) is 57.0 Å². The Bertz CT molecular complexity index is 1190. The standard InChI is InChI=1S/C20H17F3N6O4/c1-12-2-3-13(10-15(12)29(31)32)18(30)28-8-6-27(7-9-28)16-5-4-14(11-24-16)17-25-19(33-26-17)20(21,22)23/h2-5,10-11H,6-9H2,1H3. The molecule has 2 aromatic heterocycles. The lowest BCUT2D eigenvalue weighted by Gasteiger charge is -2.35. The Balaban J connectivity index is 1.40. The van der Waals surface area contributed by atoms with Crippen molar-refractivity contribution < 1.29 is 27.4 Å². The van der Waals surface area contributed by atoms with E-state index in [9.17, 15) is 28.1 Å². The number of aryl methyl sites for hydroxylation is 1. The fourth-order valence-electron chi connectivity index (χ4n) is 3.42. The van der Waals surface area contributed by atoms with Crippen molar-refractivity contribution in [2.24, 2.45) is 0 Å². The van der Waals surface area contributed by atoms with E-state index in [1.807, 2.05) is 4.90 Å². The smallest absolute Gasteiger partial charge is 0.353 e. The quantitative estimate of drug-likeness (QED) is 0.428. The van der Waals surface area contributed by atoms with Gasteiger partial charge in [0.2, 0.25) is 5.82 Å². The number of benzene rings is 1. The van der Waals surface area contributed by atoms with Gasteiger partial charge in [-0.1, -0.05) is 11.2 Å². The number of pyridine rings is 1. The maximum absolute atomic E-state index is 12.8. The maximum atomic E-state index is 12.8. The average Bonchev–Trinajstić information content (AvgIpc) is 3.30. The highest BCUT2D eigenvalue weighted by Gasteiger charge is 2.38. The first-order valence-electron chi connectivity index (χ1n) is 9.80. The summed E-state index contributed by atoms with van der Waals surface area (Å²) in [6, 6.07) is 7.57. The number of nitro groups is 1. The lowest BCUT2D eigenvalue weighted by atomic mass is 10.1. The summed E-state index contributed by atoms with van der Waals surface area (Å²) in [5, 5.41) is 14.5. The SMILES string of the molecule is Cc1ccc(C(=O)N2CCN(c3ccc(-c4noc(C(F)(F)F)n4)cn3)CC2)cc1[N+](=O)[O-]. The highest BCUT2D eigenvalue weighted by Crippen LogP contribution is 2.29. The second-order valence-corrected chi connectivity index (χ2v) is 7.36. The molecule has 0 saturated carbocycles. The normalized spacial score (nSPS) is 14.4. The predicted molar refractivity (Wildman–Crippen MR) is 108 cm³/mol. The second kappa shape index (κ2) is 8.48. The van der Waals surface area contributed by atoms with Crippen LogP contribution in [0.1, 0.15) is 21.8 Å². The van der Waals surface area contributed by atoms with Crippen LogP contribution in [0.15, 0.2) is 41.1 Å². The van der Waals surface area contributed by atoms with Crippen LogP contribution in [0.5, 0.6) is 0 Å². The molecule has 0 atom stereocenters. The van der Waals surface area contributed by atoms with Crippen LogP contribution in [0.3, 0.4) is 0 Å². The molecule has 0 N–H and O–H groups in total. The molecule has 1 aromatic carbocycles. The molecule has 0 bridgehead atoms. The van der Waals surface area contributed by atoms with Crippen molar-refractivity contribution in [3.05, 3.63) is 63.7 Å². The van der Waals surface area contributed by atoms with E-state index in [-0.39, 0.29) is 28.5 Å². The molecule has 3 aromatic rings. The Morgan fingerprint density at radius 1 is 1.15 bits per heavy atom. The third-order valence-electron chi connectivity index (χ3n) is 5.22. The Morgan fingerprint density at radius 3 is 2.45 bits per heavy atom. The van der Waals surface area contributed by atoms with Crippen molar-refractivity contribution in [2.75, 3.05) is 31.1 Å². The van der Waals surface area contributed by atoms with E-state index in [0.29, 0.717) is 37.6 Å². The number of aromatic nitrogens is 3. The Labute approximate surface area is 184 Å². The molecule has 1 amide bonds. The molecule has 0 aliphatic carbocycles. The van der Waals surface area contributed by atoms with Crippen molar-refractivity contribution in [3.8, 4) is 11.4 Å². The van der Waals surface area contributed by atoms with E-state index in [1.54, 1.807) is 30.0 Å². The van der Waals surface area contributed by atoms with Gasteiger partial charge in [-0.15, -0.1) is 0 Å². The number of alkyl halides is 3. The Kier molecular flexibility index (Phi) is 5.70. The molecule has 3 heterocycles. The number of carbonyl (C=O) groups excluding carboxylic acids is 1. The summed E-state index contributed by atoms with van der Waals surface area (Å²) in [5.41, 5.74) is 0.897. The number of hydrogen-bond donors (Lipinski definition) is 0. The minimum absolute atomic E-state index is 0.104. The van der Waals surface area contributed by atoms with Gasteiger partial charge >= 0.3 is 12.1 Å². The molecule has 1 aliphatic heterocycles. The third-order valence-corrected chi connectivity index (χ3v) is 5.22. The zero-order valence-corrected chi connectivity index (χ0v) is 17.2. The number of anilines is 1. The Hall–Kier alpha value is -4.03. The minimum Gasteiger partial charge on any atom is -0.353 e. The third kappa shape index (κ3) is 4.61. The summed E-state index contributed by atoms with van der Waals surface area (Å²) in [7, 11) is 0. The van der Waals surface area contributed by atoms with Gasteiger partial charge < -0.3 is 14.3 Å². The monoisotopic (exact) mass is 462 g/mol. The van der Waals surface area contributed by atoms with Crippen molar-refractivity contribution in [3.63, 3.8) is 0 Å². The molecule has 0 radical (unpaired) electrons. The largest absolute Gasteiger partial charge is 0.471 e. The number of halogens is 3. The zero-order valence-electron chi connectivity index (χ0n) is 17.2. The fourth-order valence-corrected chi connectivity index (χ4v) is 3.42. The van der Waals surface area contributed by atoms with Gasteiger partial charge in [0.25, 0.3) is 11.6 Å². The van der Waals surface area contributed by atoms with Crippen LogP contribution in [0.4, 0.5) is 24.7 Å². The summed E-state index contributed by atoms with van der Waals surface area (Å²) in [5.74, 6) is -1.36. The van der Waals surface area contributed by atoms with Gasteiger partial charge in [-0.3, -0.25) is 14.9 Å².